The van der Waals surface area contributed by atoms with Gasteiger partial charge in [-0.1, -0.05) is 150 Å². The Morgan fingerprint density at radius 3 is 1.25 bits per heavy atom. The molecule has 0 aliphatic carbocycles. The molecule has 0 amide bonds. The minimum absolute atomic E-state index is 0.891. The zero-order valence-electron chi connectivity index (χ0n) is 37.9. The van der Waals surface area contributed by atoms with Gasteiger partial charge < -0.3 is 5.53 Å². The van der Waals surface area contributed by atoms with Crippen LogP contribution in [-0.2, 0) is 56.5 Å². The number of benzene rings is 2. The van der Waals surface area contributed by atoms with E-state index < -0.39 is 0 Å². The molecule has 2 rings (SSSR count). The molecule has 0 saturated heterocycles. The molecule has 0 aliphatic heterocycles. The Balaban J connectivity index is 0.00000283. The normalized spacial score (nSPS) is 11.5. The summed E-state index contributed by atoms with van der Waals surface area (Å²) in [7, 11) is 0. The summed E-state index contributed by atoms with van der Waals surface area (Å²) < 4.78 is 0. The summed E-state index contributed by atoms with van der Waals surface area (Å²) in [6.07, 6.45) is 28.1. The van der Waals surface area contributed by atoms with Crippen molar-refractivity contribution in [2.45, 2.75) is 233 Å². The predicted molar refractivity (Wildman–Crippen MR) is 243 cm³/mol. The van der Waals surface area contributed by atoms with Gasteiger partial charge in [0.25, 0.3) is 0 Å². The van der Waals surface area contributed by atoms with Crippen LogP contribution in [0.3, 0.4) is 0 Å². The Morgan fingerprint density at radius 1 is 0.473 bits per heavy atom. The molecular formula is C52H86N2Pd. The molecule has 314 valence electrons. The molecule has 0 atom stereocenters. The first kappa shape index (κ1) is 51.0. The van der Waals surface area contributed by atoms with Crippen LogP contribution in [0.1, 0.15) is 229 Å². The van der Waals surface area contributed by atoms with Gasteiger partial charge in [0.05, 0.1) is 5.57 Å². The topological polar surface area (TPSA) is 36.4 Å². The van der Waals surface area contributed by atoms with Crippen molar-refractivity contribution < 1.29 is 22.8 Å². The third kappa shape index (κ3) is 18.9. The van der Waals surface area contributed by atoms with E-state index in [-0.39, 0.29) is 0 Å². The number of rotatable bonds is 29. The molecule has 0 aliphatic rings. The summed E-state index contributed by atoms with van der Waals surface area (Å²) in [5.41, 5.74) is 26.1. The fourth-order valence-electron chi connectivity index (χ4n) is 8.03. The van der Waals surface area contributed by atoms with E-state index in [2.05, 4.69) is 104 Å². The molecule has 3 heteroatoms. The Bertz CT molecular complexity index is 1380. The molecule has 0 unspecified atom stereocenters. The van der Waals surface area contributed by atoms with Crippen LogP contribution < -0.4 is 0 Å². The molecule has 0 spiro atoms. The van der Waals surface area contributed by atoms with Crippen LogP contribution in [-0.4, -0.2) is 10.7 Å². The van der Waals surface area contributed by atoms with Crippen molar-refractivity contribution in [1.29, 1.82) is 0 Å². The monoisotopic (exact) mass is 845 g/mol. The summed E-state index contributed by atoms with van der Waals surface area (Å²) in [5, 5.41) is 0. The molecule has 2 aromatic carbocycles. The van der Waals surface area contributed by atoms with Crippen molar-refractivity contribution >= 4 is 11.4 Å². The van der Waals surface area contributed by atoms with Gasteiger partial charge in [0.1, 0.15) is 0 Å². The van der Waals surface area contributed by atoms with E-state index in [0.29, 0.717) is 0 Å². The van der Waals surface area contributed by atoms with E-state index in [0.717, 1.165) is 107 Å². The molecule has 0 aromatic heterocycles. The molecule has 55 heavy (non-hydrogen) atoms. The summed E-state index contributed by atoms with van der Waals surface area (Å²) in [6, 6.07) is 10.4. The quantitative estimate of drug-likeness (QED) is 0.0195. The summed E-state index contributed by atoms with van der Waals surface area (Å²) in [6.45, 7) is 23.0. The van der Waals surface area contributed by atoms with Gasteiger partial charge in [-0.15, -0.1) is 4.79 Å². The van der Waals surface area contributed by atoms with Crippen molar-refractivity contribution in [2.75, 3.05) is 0 Å². The van der Waals surface area contributed by atoms with Crippen LogP contribution in [0.2, 0.25) is 9.79 Å². The van der Waals surface area contributed by atoms with E-state index >= 15 is 0 Å². The SMILES string of the molecule is CCCCCc1cc(C(=C(CCCC)C(=C=[N+]=[N-])CCCC)c2cc(CCC)c(CCC)c(CCC)c2)cc(CCCCC)c1CCCCC.C[CH2][Pd][CH2]C. The zero-order chi connectivity index (χ0) is 40.7. The zero-order valence-corrected chi connectivity index (χ0v) is 39.5. The molecule has 0 fully saturated rings. The summed E-state index contributed by atoms with van der Waals surface area (Å²) in [5.74, 6) is 3.16. The van der Waals surface area contributed by atoms with Crippen LogP contribution in [0.4, 0.5) is 0 Å². The number of aryl methyl sites for hydroxylation is 4. The Hall–Kier alpha value is -2.00. The molecule has 0 bridgehead atoms. The van der Waals surface area contributed by atoms with Gasteiger partial charge in [-0.25, -0.2) is 0 Å². The maximum atomic E-state index is 10.00. The van der Waals surface area contributed by atoms with Crippen LogP contribution in [0.25, 0.3) is 11.1 Å². The number of nitrogens with zero attached hydrogens (tertiary/aromatic N) is 2. The second-order valence-electron chi connectivity index (χ2n) is 15.5. The average molecular weight is 846 g/mol. The minimum atomic E-state index is 0.891. The predicted octanol–water partition coefficient (Wildman–Crippen LogP) is 16.7. The third-order valence-corrected chi connectivity index (χ3v) is 12.4. The van der Waals surface area contributed by atoms with Gasteiger partial charge in [-0.3, -0.25) is 0 Å². The first-order valence-electron chi connectivity index (χ1n) is 23.3. The van der Waals surface area contributed by atoms with Crippen molar-refractivity contribution in [3.05, 3.63) is 85.5 Å². The fourth-order valence-corrected chi connectivity index (χ4v) is 8.81. The first-order chi connectivity index (χ1) is 26.9. The van der Waals surface area contributed by atoms with Gasteiger partial charge >= 0.3 is 47.5 Å². The van der Waals surface area contributed by atoms with E-state index in [1.54, 1.807) is 33.4 Å². The second kappa shape index (κ2) is 33.0. The van der Waals surface area contributed by atoms with Gasteiger partial charge in [-0.2, -0.15) is 0 Å². The molecule has 0 saturated carbocycles. The van der Waals surface area contributed by atoms with Gasteiger partial charge in [-0.05, 0) is 139 Å². The Kier molecular flexibility index (Phi) is 30.6. The Labute approximate surface area is 351 Å². The summed E-state index contributed by atoms with van der Waals surface area (Å²) >= 11 is 1.04. The number of hydrogen-bond donors (Lipinski definition) is 0. The van der Waals surface area contributed by atoms with Crippen LogP contribution in [0, 0.1) is 0 Å². The van der Waals surface area contributed by atoms with Crippen molar-refractivity contribution in [2.24, 2.45) is 0 Å². The average Bonchev–Trinajstić information content (AvgIpc) is 3.18. The van der Waals surface area contributed by atoms with E-state index in [9.17, 15) is 5.53 Å². The van der Waals surface area contributed by atoms with E-state index in [1.165, 1.54) is 103 Å². The number of unbranched alkanes of at least 4 members (excludes halogenated alkanes) is 8. The van der Waals surface area contributed by atoms with Crippen LogP contribution in [0.5, 0.6) is 0 Å². The third-order valence-electron chi connectivity index (χ3n) is 10.8. The van der Waals surface area contributed by atoms with Crippen LogP contribution >= 0.6 is 0 Å². The molecule has 0 radical (unpaired) electrons. The summed E-state index contributed by atoms with van der Waals surface area (Å²) in [4.78, 5) is 6.38. The molecule has 0 heterocycles. The van der Waals surface area contributed by atoms with E-state index in [1.807, 2.05) is 0 Å². The van der Waals surface area contributed by atoms with E-state index in [4.69, 9.17) is 0 Å². The molecular weight excluding hydrogens is 759 g/mol. The standard InChI is InChI=1S/C48H76N2.2C2H5.Pd/c1-9-17-22-29-40-35-44(36-41(30-23-18-10-2)46(40)32-24-19-11-3)48(47(31-21-13-5)42(37-50-49)28-20-12-4)43-33-38(25-14-6)45(27-16-8)39(34-43)26-15-7;2*1-2;/h33-36H,9-32H2,1-8H3;2*1H2,2H3;. The first-order valence-corrected chi connectivity index (χ1v) is 25.5. The Morgan fingerprint density at radius 2 is 0.873 bits per heavy atom. The van der Waals surface area contributed by atoms with Gasteiger partial charge in [0.15, 0.2) is 0 Å². The molecule has 2 aromatic rings. The van der Waals surface area contributed by atoms with Crippen molar-refractivity contribution in [3.63, 3.8) is 0 Å². The van der Waals surface area contributed by atoms with Gasteiger partial charge in [0.2, 0.25) is 0 Å². The van der Waals surface area contributed by atoms with Crippen molar-refractivity contribution in [1.82, 2.24) is 0 Å². The van der Waals surface area contributed by atoms with Gasteiger partial charge in [0, 0.05) is 0 Å². The molecule has 0 N–H and O–H groups in total. The second-order valence-corrected chi connectivity index (χ2v) is 18.5. The van der Waals surface area contributed by atoms with Crippen molar-refractivity contribution in [3.8, 4) is 0 Å². The number of allylic oxidation sites excluding steroid dienone is 2. The number of hydrogen-bond acceptors (Lipinski definition) is 0. The van der Waals surface area contributed by atoms with Crippen LogP contribution in [0.15, 0.2) is 35.4 Å². The molecule has 2 nitrogen and oxygen atoms in total. The fraction of sp³-hybridized carbons (Fsp3) is 0.692. The maximum absolute atomic E-state index is 10.00.